The van der Waals surface area contributed by atoms with Crippen molar-refractivity contribution in [2.24, 2.45) is 5.73 Å². The molecular weight excluding hydrogens is 274 g/mol. The fraction of sp³-hybridized carbons (Fsp3) is 0.182. The normalized spacial score (nSPS) is 11.6. The predicted octanol–water partition coefficient (Wildman–Crippen LogP) is 1.00. The van der Waals surface area contributed by atoms with Gasteiger partial charge in [0, 0.05) is 13.1 Å². The van der Waals surface area contributed by atoms with E-state index in [1.807, 2.05) is 6.07 Å². The number of nitrogens with zero attached hydrogens (tertiary/aromatic N) is 1. The monoisotopic (exact) mass is 285 g/mol. The Hall–Kier alpha value is -1.39. The summed E-state index contributed by atoms with van der Waals surface area (Å²) in [6, 6.07) is 5.81. The van der Waals surface area contributed by atoms with E-state index in [0.29, 0.717) is 6.54 Å². The van der Waals surface area contributed by atoms with Crippen molar-refractivity contribution in [3.8, 4) is 6.07 Å². The van der Waals surface area contributed by atoms with Gasteiger partial charge in [-0.15, -0.1) is 0 Å². The van der Waals surface area contributed by atoms with E-state index < -0.39 is 10.0 Å². The summed E-state index contributed by atoms with van der Waals surface area (Å²) in [5.74, 6) is 0. The van der Waals surface area contributed by atoms with Gasteiger partial charge in [0.25, 0.3) is 0 Å². The third kappa shape index (κ3) is 3.82. The quantitative estimate of drug-likeness (QED) is 0.789. The molecule has 5 nitrogen and oxygen atoms in total. The van der Waals surface area contributed by atoms with Crippen molar-refractivity contribution >= 4 is 21.6 Å². The number of benzene rings is 1. The summed E-state index contributed by atoms with van der Waals surface area (Å²) in [6.45, 7) is 0.502. The fourth-order valence-electron chi connectivity index (χ4n) is 1.17. The lowest BCUT2D eigenvalue weighted by molar-refractivity contribution is 0.585. The van der Waals surface area contributed by atoms with Gasteiger partial charge in [-0.3, -0.25) is 0 Å². The molecule has 7 heteroatoms. The van der Waals surface area contributed by atoms with Gasteiger partial charge in [0.05, 0.1) is 15.5 Å². The van der Waals surface area contributed by atoms with E-state index in [4.69, 9.17) is 22.6 Å². The Labute approximate surface area is 111 Å². The smallest absolute Gasteiger partial charge is 0.240 e. The van der Waals surface area contributed by atoms with Crippen LogP contribution in [0.2, 0.25) is 5.02 Å². The van der Waals surface area contributed by atoms with Crippen molar-refractivity contribution in [1.82, 2.24) is 4.72 Å². The van der Waals surface area contributed by atoms with E-state index in [9.17, 15) is 8.42 Å². The summed E-state index contributed by atoms with van der Waals surface area (Å²) in [5, 5.41) is 8.80. The lowest BCUT2D eigenvalue weighted by atomic mass is 10.2. The maximum atomic E-state index is 11.8. The van der Waals surface area contributed by atoms with E-state index in [0.717, 1.165) is 0 Å². The molecule has 0 radical (unpaired) electrons. The Morgan fingerprint density at radius 2 is 2.17 bits per heavy atom. The second-order valence-electron chi connectivity index (χ2n) is 3.31. The minimum Gasteiger partial charge on any atom is -0.327 e. The first-order valence-electron chi connectivity index (χ1n) is 5.05. The fourth-order valence-corrected chi connectivity index (χ4v) is 2.46. The molecule has 0 spiro atoms. The molecule has 0 saturated heterocycles. The molecule has 1 rings (SSSR count). The van der Waals surface area contributed by atoms with Gasteiger partial charge in [0.1, 0.15) is 6.07 Å². The lowest BCUT2D eigenvalue weighted by Gasteiger charge is -2.05. The zero-order valence-electron chi connectivity index (χ0n) is 9.43. The highest BCUT2D eigenvalue weighted by atomic mass is 35.5. The average Bonchev–Trinajstić information content (AvgIpc) is 2.34. The largest absolute Gasteiger partial charge is 0.327 e. The van der Waals surface area contributed by atoms with Crippen LogP contribution in [0.15, 0.2) is 35.2 Å². The highest BCUT2D eigenvalue weighted by Gasteiger charge is 2.14. The Morgan fingerprint density at radius 1 is 1.44 bits per heavy atom. The molecule has 0 fully saturated rings. The van der Waals surface area contributed by atoms with Crippen LogP contribution in [-0.4, -0.2) is 21.5 Å². The van der Waals surface area contributed by atoms with E-state index in [1.165, 1.54) is 18.2 Å². The molecule has 0 aliphatic carbocycles. The minimum absolute atomic E-state index is 0.0210. The van der Waals surface area contributed by atoms with Crippen LogP contribution in [0.25, 0.3) is 0 Å². The number of hydrogen-bond acceptors (Lipinski definition) is 4. The van der Waals surface area contributed by atoms with Crippen molar-refractivity contribution in [3.05, 3.63) is 40.9 Å². The van der Waals surface area contributed by atoms with Crippen LogP contribution >= 0.6 is 11.6 Å². The van der Waals surface area contributed by atoms with Crippen molar-refractivity contribution < 1.29 is 8.42 Å². The molecule has 1 aromatic rings. The van der Waals surface area contributed by atoms with Crippen LogP contribution in [-0.2, 0) is 10.0 Å². The number of sulfonamides is 1. The van der Waals surface area contributed by atoms with Crippen LogP contribution in [0.3, 0.4) is 0 Å². The maximum Gasteiger partial charge on any atom is 0.240 e. The van der Waals surface area contributed by atoms with Gasteiger partial charge in [-0.05, 0) is 18.2 Å². The van der Waals surface area contributed by atoms with Crippen molar-refractivity contribution in [2.75, 3.05) is 13.1 Å². The van der Waals surface area contributed by atoms with Gasteiger partial charge in [-0.25, -0.2) is 13.1 Å². The third-order valence-electron chi connectivity index (χ3n) is 2.07. The first kappa shape index (κ1) is 14.7. The zero-order chi connectivity index (χ0) is 13.6. The topological polar surface area (TPSA) is 96.0 Å². The number of nitriles is 1. The van der Waals surface area contributed by atoms with Gasteiger partial charge >= 0.3 is 0 Å². The highest BCUT2D eigenvalue weighted by Crippen LogP contribution is 2.19. The molecule has 0 saturated carbocycles. The molecule has 0 heterocycles. The minimum atomic E-state index is -3.62. The molecule has 0 aromatic heterocycles. The van der Waals surface area contributed by atoms with Gasteiger partial charge < -0.3 is 5.73 Å². The van der Waals surface area contributed by atoms with Gasteiger partial charge in [0.2, 0.25) is 10.0 Å². The van der Waals surface area contributed by atoms with E-state index in [1.54, 1.807) is 12.2 Å². The Bertz CT molecular complexity index is 591. The van der Waals surface area contributed by atoms with Gasteiger partial charge in [-0.1, -0.05) is 23.8 Å². The second-order valence-corrected chi connectivity index (χ2v) is 5.49. The average molecular weight is 286 g/mol. The Morgan fingerprint density at radius 3 is 2.72 bits per heavy atom. The van der Waals surface area contributed by atoms with Crippen LogP contribution in [0.5, 0.6) is 0 Å². The van der Waals surface area contributed by atoms with E-state index >= 15 is 0 Å². The number of hydrogen-bond donors (Lipinski definition) is 2. The first-order chi connectivity index (χ1) is 8.51. The number of rotatable bonds is 5. The molecular formula is C11H12ClN3O2S. The lowest BCUT2D eigenvalue weighted by Crippen LogP contribution is -2.23. The second kappa shape index (κ2) is 6.52. The summed E-state index contributed by atoms with van der Waals surface area (Å²) in [4.78, 5) is 0.0210. The first-order valence-corrected chi connectivity index (χ1v) is 6.91. The van der Waals surface area contributed by atoms with Crippen molar-refractivity contribution in [2.45, 2.75) is 4.90 Å². The summed E-state index contributed by atoms with van der Waals surface area (Å²) >= 11 is 5.77. The molecule has 3 N–H and O–H groups in total. The summed E-state index contributed by atoms with van der Waals surface area (Å²) in [5.41, 5.74) is 5.46. The van der Waals surface area contributed by atoms with Crippen LogP contribution in [0.1, 0.15) is 5.56 Å². The predicted molar refractivity (Wildman–Crippen MR) is 69.5 cm³/mol. The SMILES string of the molecule is N#Cc1ccc(S(=O)(=O)NC/C=C/CN)cc1Cl. The van der Waals surface area contributed by atoms with Crippen molar-refractivity contribution in [1.29, 1.82) is 5.26 Å². The van der Waals surface area contributed by atoms with Crippen LogP contribution in [0.4, 0.5) is 0 Å². The molecule has 0 aliphatic heterocycles. The van der Waals surface area contributed by atoms with Crippen LogP contribution < -0.4 is 10.5 Å². The molecule has 18 heavy (non-hydrogen) atoms. The molecule has 0 atom stereocenters. The molecule has 0 aliphatic rings. The number of nitrogens with two attached hydrogens (primary N) is 1. The van der Waals surface area contributed by atoms with Crippen molar-refractivity contribution in [3.63, 3.8) is 0 Å². The molecule has 96 valence electrons. The molecule has 1 aromatic carbocycles. The Balaban J connectivity index is 2.89. The van der Waals surface area contributed by atoms with E-state index in [-0.39, 0.29) is 22.0 Å². The number of halogens is 1. The highest BCUT2D eigenvalue weighted by molar-refractivity contribution is 7.89. The third-order valence-corrected chi connectivity index (χ3v) is 3.80. The molecule has 0 unspecified atom stereocenters. The maximum absolute atomic E-state index is 11.8. The molecule has 0 amide bonds. The zero-order valence-corrected chi connectivity index (χ0v) is 11.0. The Kier molecular flexibility index (Phi) is 5.31. The molecule has 0 bridgehead atoms. The summed E-state index contributed by atoms with van der Waals surface area (Å²) in [7, 11) is -3.62. The summed E-state index contributed by atoms with van der Waals surface area (Å²) in [6.07, 6.45) is 3.26. The van der Waals surface area contributed by atoms with Gasteiger partial charge in [0.15, 0.2) is 0 Å². The van der Waals surface area contributed by atoms with Crippen LogP contribution in [0, 0.1) is 11.3 Å². The van der Waals surface area contributed by atoms with Gasteiger partial charge in [-0.2, -0.15) is 5.26 Å². The van der Waals surface area contributed by atoms with E-state index in [2.05, 4.69) is 4.72 Å². The number of nitrogens with one attached hydrogen (secondary N) is 1. The summed E-state index contributed by atoms with van der Waals surface area (Å²) < 4.78 is 26.0. The standard InChI is InChI=1S/C11H12ClN3O2S/c12-11-7-10(4-3-9(11)8-14)18(16,17)15-6-2-1-5-13/h1-4,7,15H,5-6,13H2/b2-1+.